The van der Waals surface area contributed by atoms with Crippen LogP contribution in [0.1, 0.15) is 28.7 Å². The molecule has 4 rings (SSSR count). The summed E-state index contributed by atoms with van der Waals surface area (Å²) in [6, 6.07) is 39.6. The van der Waals surface area contributed by atoms with Gasteiger partial charge in [-0.1, -0.05) is 103 Å². The molecular weight excluding hydrogens is 420 g/mol. The summed E-state index contributed by atoms with van der Waals surface area (Å²) in [6.07, 6.45) is 3.90. The summed E-state index contributed by atoms with van der Waals surface area (Å²) in [5.41, 5.74) is 4.27. The standard InChI is InChI=1S/C31H28O3/c1-33-30(32)22-19-25-17-20-29(21-18-25)34-24-23-31(26-11-5-2-6-12-26,27-13-7-3-8-14-27)28-15-9-4-10-16-28/h2-22H,23-24H2,1H3. The number of carbonyl (C=O) groups is 1. The summed E-state index contributed by atoms with van der Waals surface area (Å²) in [7, 11) is 1.37. The fourth-order valence-corrected chi connectivity index (χ4v) is 4.33. The molecule has 0 saturated heterocycles. The second-order valence-corrected chi connectivity index (χ2v) is 8.03. The summed E-state index contributed by atoms with van der Waals surface area (Å²) in [4.78, 5) is 11.3. The molecule has 0 aliphatic carbocycles. The van der Waals surface area contributed by atoms with Crippen LogP contribution in [-0.2, 0) is 14.9 Å². The normalized spacial score (nSPS) is 11.3. The number of rotatable bonds is 9. The SMILES string of the molecule is COC(=O)C=Cc1ccc(OCCC(c2ccccc2)(c2ccccc2)c2ccccc2)cc1. The number of hydrogen-bond donors (Lipinski definition) is 0. The Morgan fingerprint density at radius 1 is 0.706 bits per heavy atom. The van der Waals surface area contributed by atoms with E-state index in [1.165, 1.54) is 29.9 Å². The van der Waals surface area contributed by atoms with E-state index in [4.69, 9.17) is 4.74 Å². The molecule has 0 atom stereocenters. The van der Waals surface area contributed by atoms with E-state index in [0.29, 0.717) is 6.61 Å². The minimum absolute atomic E-state index is 0.340. The molecule has 3 nitrogen and oxygen atoms in total. The topological polar surface area (TPSA) is 35.5 Å². The second kappa shape index (κ2) is 11.2. The second-order valence-electron chi connectivity index (χ2n) is 8.03. The van der Waals surface area contributed by atoms with Gasteiger partial charge in [0.1, 0.15) is 5.75 Å². The fourth-order valence-electron chi connectivity index (χ4n) is 4.33. The summed E-state index contributed by atoms with van der Waals surface area (Å²) >= 11 is 0. The summed E-state index contributed by atoms with van der Waals surface area (Å²) < 4.78 is 10.9. The van der Waals surface area contributed by atoms with Crippen molar-refractivity contribution in [2.24, 2.45) is 0 Å². The molecule has 3 heteroatoms. The molecule has 0 aromatic heterocycles. The van der Waals surface area contributed by atoms with Crippen LogP contribution in [-0.4, -0.2) is 19.7 Å². The largest absolute Gasteiger partial charge is 0.494 e. The van der Waals surface area contributed by atoms with Crippen LogP contribution in [0.15, 0.2) is 121 Å². The molecule has 4 aromatic rings. The lowest BCUT2D eigenvalue weighted by Crippen LogP contribution is -2.31. The van der Waals surface area contributed by atoms with Crippen molar-refractivity contribution in [3.8, 4) is 5.75 Å². The zero-order valence-corrected chi connectivity index (χ0v) is 19.3. The van der Waals surface area contributed by atoms with E-state index in [-0.39, 0.29) is 11.4 Å². The van der Waals surface area contributed by atoms with Crippen molar-refractivity contribution < 1.29 is 14.3 Å². The zero-order chi connectivity index (χ0) is 23.6. The third-order valence-corrected chi connectivity index (χ3v) is 6.04. The van der Waals surface area contributed by atoms with Gasteiger partial charge in [-0.3, -0.25) is 0 Å². The average Bonchev–Trinajstić information content (AvgIpc) is 2.92. The molecule has 34 heavy (non-hydrogen) atoms. The Kier molecular flexibility index (Phi) is 7.56. The highest BCUT2D eigenvalue weighted by molar-refractivity contribution is 5.86. The number of methoxy groups -OCH3 is 1. The molecule has 0 unspecified atom stereocenters. The van der Waals surface area contributed by atoms with Gasteiger partial charge in [-0.25, -0.2) is 4.79 Å². The Bertz CT molecular complexity index is 1100. The molecule has 170 valence electrons. The smallest absolute Gasteiger partial charge is 0.330 e. The summed E-state index contributed by atoms with van der Waals surface area (Å²) in [5.74, 6) is 0.415. The van der Waals surface area contributed by atoms with Crippen molar-refractivity contribution in [1.29, 1.82) is 0 Å². The highest BCUT2D eigenvalue weighted by Crippen LogP contribution is 2.42. The fraction of sp³-hybridized carbons (Fsp3) is 0.129. The Hall–Kier alpha value is -4.11. The lowest BCUT2D eigenvalue weighted by Gasteiger charge is -2.36. The summed E-state index contributed by atoms with van der Waals surface area (Å²) in [5, 5.41) is 0. The van der Waals surface area contributed by atoms with E-state index in [2.05, 4.69) is 95.7 Å². The van der Waals surface area contributed by atoms with Crippen LogP contribution in [0.4, 0.5) is 0 Å². The van der Waals surface area contributed by atoms with Crippen molar-refractivity contribution in [2.45, 2.75) is 11.8 Å². The first-order valence-electron chi connectivity index (χ1n) is 11.4. The zero-order valence-electron chi connectivity index (χ0n) is 19.3. The number of hydrogen-bond acceptors (Lipinski definition) is 3. The van der Waals surface area contributed by atoms with Gasteiger partial charge in [-0.2, -0.15) is 0 Å². The van der Waals surface area contributed by atoms with E-state index >= 15 is 0 Å². The number of ether oxygens (including phenoxy) is 2. The molecule has 0 N–H and O–H groups in total. The van der Waals surface area contributed by atoms with Crippen LogP contribution >= 0.6 is 0 Å². The molecule has 0 amide bonds. The Morgan fingerprint density at radius 3 is 1.62 bits per heavy atom. The van der Waals surface area contributed by atoms with Gasteiger partial charge in [0.05, 0.1) is 13.7 Å². The van der Waals surface area contributed by atoms with Crippen molar-refractivity contribution in [3.63, 3.8) is 0 Å². The van der Waals surface area contributed by atoms with Crippen LogP contribution in [0.25, 0.3) is 6.08 Å². The Morgan fingerprint density at radius 2 is 1.18 bits per heavy atom. The van der Waals surface area contributed by atoms with E-state index < -0.39 is 0 Å². The average molecular weight is 449 g/mol. The Labute approximate surface area is 201 Å². The van der Waals surface area contributed by atoms with Crippen molar-refractivity contribution in [1.82, 2.24) is 0 Å². The number of benzene rings is 4. The molecule has 0 saturated carbocycles. The third kappa shape index (κ3) is 5.26. The molecule has 0 bridgehead atoms. The molecule has 0 fully saturated rings. The van der Waals surface area contributed by atoms with Gasteiger partial charge in [-0.05, 0) is 46.9 Å². The van der Waals surface area contributed by atoms with Crippen LogP contribution < -0.4 is 4.74 Å². The van der Waals surface area contributed by atoms with E-state index in [1.54, 1.807) is 6.08 Å². The lowest BCUT2D eigenvalue weighted by molar-refractivity contribution is -0.134. The van der Waals surface area contributed by atoms with Crippen molar-refractivity contribution >= 4 is 12.0 Å². The van der Waals surface area contributed by atoms with E-state index in [0.717, 1.165) is 17.7 Å². The van der Waals surface area contributed by atoms with Gasteiger partial charge in [0, 0.05) is 11.5 Å². The predicted molar refractivity (Wildman–Crippen MR) is 137 cm³/mol. The third-order valence-electron chi connectivity index (χ3n) is 6.04. The van der Waals surface area contributed by atoms with Crippen LogP contribution in [0.3, 0.4) is 0 Å². The highest BCUT2D eigenvalue weighted by Gasteiger charge is 2.36. The maximum Gasteiger partial charge on any atom is 0.330 e. The molecule has 0 aliphatic heterocycles. The van der Waals surface area contributed by atoms with E-state index in [9.17, 15) is 4.79 Å². The first kappa shape index (κ1) is 23.1. The maximum atomic E-state index is 11.3. The lowest BCUT2D eigenvalue weighted by atomic mass is 9.67. The molecule has 0 radical (unpaired) electrons. The van der Waals surface area contributed by atoms with Crippen molar-refractivity contribution in [2.75, 3.05) is 13.7 Å². The molecule has 0 aliphatic rings. The maximum absolute atomic E-state index is 11.3. The number of esters is 1. The van der Waals surface area contributed by atoms with Gasteiger partial charge < -0.3 is 9.47 Å². The van der Waals surface area contributed by atoms with Crippen LogP contribution in [0.2, 0.25) is 0 Å². The van der Waals surface area contributed by atoms with Crippen molar-refractivity contribution in [3.05, 3.63) is 144 Å². The predicted octanol–water partition coefficient (Wildman–Crippen LogP) is 6.68. The molecule has 0 heterocycles. The first-order valence-corrected chi connectivity index (χ1v) is 11.4. The van der Waals surface area contributed by atoms with E-state index in [1.807, 2.05) is 24.3 Å². The van der Waals surface area contributed by atoms with Gasteiger partial charge in [0.2, 0.25) is 0 Å². The van der Waals surface area contributed by atoms with Crippen LogP contribution in [0.5, 0.6) is 5.75 Å². The minimum atomic E-state index is -0.376. The summed E-state index contributed by atoms with van der Waals surface area (Å²) in [6.45, 7) is 0.538. The molecule has 0 spiro atoms. The van der Waals surface area contributed by atoms with Gasteiger partial charge in [0.15, 0.2) is 0 Å². The van der Waals surface area contributed by atoms with Gasteiger partial charge in [0.25, 0.3) is 0 Å². The quantitative estimate of drug-likeness (QED) is 0.163. The molecular formula is C31H28O3. The highest BCUT2D eigenvalue weighted by atomic mass is 16.5. The molecule has 4 aromatic carbocycles. The van der Waals surface area contributed by atoms with Gasteiger partial charge >= 0.3 is 5.97 Å². The monoisotopic (exact) mass is 448 g/mol. The van der Waals surface area contributed by atoms with Gasteiger partial charge in [-0.15, -0.1) is 0 Å². The van der Waals surface area contributed by atoms with Crippen LogP contribution in [0, 0.1) is 0 Å². The number of carbonyl (C=O) groups excluding carboxylic acids is 1. The first-order chi connectivity index (χ1) is 16.7. The minimum Gasteiger partial charge on any atom is -0.494 e. The Balaban J connectivity index is 1.61.